The highest BCUT2D eigenvalue weighted by Crippen LogP contribution is 2.29. The molecule has 0 aromatic rings. The van der Waals surface area contributed by atoms with Gasteiger partial charge in [0.15, 0.2) is 0 Å². The summed E-state index contributed by atoms with van der Waals surface area (Å²) >= 11 is 0. The average Bonchev–Trinajstić information content (AvgIpc) is 2.44. The highest BCUT2D eigenvalue weighted by atomic mass is 16.5. The maximum Gasteiger partial charge on any atom is 0.330 e. The molecule has 0 spiro atoms. The first kappa shape index (κ1) is 18.2. The normalized spacial score (nSPS) is 19.2. The van der Waals surface area contributed by atoms with Gasteiger partial charge in [0.1, 0.15) is 0 Å². The lowest BCUT2D eigenvalue weighted by atomic mass is 9.88. The van der Waals surface area contributed by atoms with Crippen LogP contribution in [0.1, 0.15) is 53.9 Å². The fourth-order valence-electron chi connectivity index (χ4n) is 2.47. The molecule has 0 heterocycles. The molecule has 0 atom stereocenters. The van der Waals surface area contributed by atoms with Gasteiger partial charge in [-0.25, -0.2) is 4.79 Å². The Balaban J connectivity index is 2.72. The van der Waals surface area contributed by atoms with Crippen molar-refractivity contribution in [1.29, 1.82) is 0 Å². The molecule has 0 saturated carbocycles. The second-order valence-corrected chi connectivity index (χ2v) is 5.84. The number of allylic oxidation sites excluding steroid dienone is 9. The Kier molecular flexibility index (Phi) is 7.65. The molecule has 0 aromatic carbocycles. The van der Waals surface area contributed by atoms with Crippen LogP contribution >= 0.6 is 0 Å². The number of hydrogen-bond acceptors (Lipinski definition) is 2. The second kappa shape index (κ2) is 9.24. The van der Waals surface area contributed by atoms with E-state index in [4.69, 9.17) is 4.74 Å². The molecule has 1 rings (SSSR count). The van der Waals surface area contributed by atoms with Crippen molar-refractivity contribution >= 4 is 5.97 Å². The lowest BCUT2D eigenvalue weighted by Crippen LogP contribution is -1.99. The van der Waals surface area contributed by atoms with E-state index in [2.05, 4.69) is 32.9 Å². The molecule has 0 radical (unpaired) electrons. The van der Waals surface area contributed by atoms with Gasteiger partial charge in [-0.3, -0.25) is 0 Å². The molecule has 22 heavy (non-hydrogen) atoms. The zero-order chi connectivity index (χ0) is 16.5. The van der Waals surface area contributed by atoms with Crippen LogP contribution in [0.2, 0.25) is 0 Å². The van der Waals surface area contributed by atoms with Gasteiger partial charge < -0.3 is 4.74 Å². The first-order valence-corrected chi connectivity index (χ1v) is 8.01. The molecule has 1 aliphatic carbocycles. The summed E-state index contributed by atoms with van der Waals surface area (Å²) < 4.78 is 4.88. The zero-order valence-corrected chi connectivity index (χ0v) is 14.5. The van der Waals surface area contributed by atoms with Crippen LogP contribution < -0.4 is 0 Å². The first-order chi connectivity index (χ1) is 10.4. The molecule has 120 valence electrons. The van der Waals surface area contributed by atoms with Crippen LogP contribution in [0.5, 0.6) is 0 Å². The van der Waals surface area contributed by atoms with Crippen LogP contribution in [-0.2, 0) is 9.53 Å². The van der Waals surface area contributed by atoms with Crippen molar-refractivity contribution in [1.82, 2.24) is 0 Å². The quantitative estimate of drug-likeness (QED) is 0.383. The fourth-order valence-corrected chi connectivity index (χ4v) is 2.47. The van der Waals surface area contributed by atoms with Crippen LogP contribution in [0.3, 0.4) is 0 Å². The van der Waals surface area contributed by atoms with Gasteiger partial charge >= 0.3 is 5.97 Å². The molecular weight excluding hydrogens is 272 g/mol. The number of esters is 1. The van der Waals surface area contributed by atoms with E-state index in [0.29, 0.717) is 6.61 Å². The van der Waals surface area contributed by atoms with E-state index in [1.165, 1.54) is 47.6 Å². The molecule has 0 saturated heterocycles. The lowest BCUT2D eigenvalue weighted by Gasteiger charge is -2.18. The smallest absolute Gasteiger partial charge is 0.330 e. The average molecular weight is 300 g/mol. The van der Waals surface area contributed by atoms with E-state index < -0.39 is 0 Å². The van der Waals surface area contributed by atoms with E-state index in [9.17, 15) is 4.79 Å². The topological polar surface area (TPSA) is 26.3 Å². The molecule has 0 aliphatic heterocycles. The molecule has 2 heteroatoms. The Hall–Kier alpha value is -1.83. The molecule has 0 amide bonds. The fraction of sp³-hybridized carbons (Fsp3) is 0.450. The third-order valence-corrected chi connectivity index (χ3v) is 3.87. The summed E-state index contributed by atoms with van der Waals surface area (Å²) in [6.45, 7) is 10.7. The van der Waals surface area contributed by atoms with E-state index in [0.717, 1.165) is 5.57 Å². The Morgan fingerprint density at radius 2 is 1.91 bits per heavy atom. The number of carbonyl (C=O) groups is 1. The van der Waals surface area contributed by atoms with Crippen LogP contribution in [0.4, 0.5) is 0 Å². The van der Waals surface area contributed by atoms with Gasteiger partial charge in [0.2, 0.25) is 0 Å². The third-order valence-electron chi connectivity index (χ3n) is 3.87. The maximum absolute atomic E-state index is 11.3. The number of ether oxygens (including phenoxy) is 1. The van der Waals surface area contributed by atoms with E-state index in [-0.39, 0.29) is 5.97 Å². The van der Waals surface area contributed by atoms with Crippen LogP contribution in [0.25, 0.3) is 0 Å². The summed E-state index contributed by atoms with van der Waals surface area (Å²) in [6.07, 6.45) is 13.4. The number of rotatable bonds is 5. The summed E-state index contributed by atoms with van der Waals surface area (Å²) in [5, 5.41) is 0. The SMILES string of the molecule is CCOC(=O)\C=C(C)/C=C/C=C(C)\C=C1/CCCC(C)=C1C. The predicted molar refractivity (Wildman–Crippen MR) is 93.6 cm³/mol. The monoisotopic (exact) mass is 300 g/mol. The lowest BCUT2D eigenvalue weighted by molar-refractivity contribution is -0.137. The minimum absolute atomic E-state index is 0.286. The van der Waals surface area contributed by atoms with Crippen LogP contribution in [-0.4, -0.2) is 12.6 Å². The van der Waals surface area contributed by atoms with Gasteiger partial charge in [0.05, 0.1) is 6.61 Å². The third kappa shape index (κ3) is 6.30. The van der Waals surface area contributed by atoms with Crippen LogP contribution in [0, 0.1) is 0 Å². The summed E-state index contributed by atoms with van der Waals surface area (Å²) in [7, 11) is 0. The minimum atomic E-state index is -0.286. The van der Waals surface area contributed by atoms with Crippen molar-refractivity contribution in [3.63, 3.8) is 0 Å². The Morgan fingerprint density at radius 3 is 2.59 bits per heavy atom. The molecule has 2 nitrogen and oxygen atoms in total. The van der Waals surface area contributed by atoms with E-state index in [1.54, 1.807) is 6.92 Å². The predicted octanol–water partition coefficient (Wildman–Crippen LogP) is 5.45. The van der Waals surface area contributed by atoms with Crippen molar-refractivity contribution in [2.24, 2.45) is 0 Å². The van der Waals surface area contributed by atoms with Gasteiger partial charge in [0.25, 0.3) is 0 Å². The molecule has 0 fully saturated rings. The Bertz CT molecular complexity index is 554. The second-order valence-electron chi connectivity index (χ2n) is 5.84. The number of hydrogen-bond donors (Lipinski definition) is 0. The Morgan fingerprint density at radius 1 is 1.18 bits per heavy atom. The van der Waals surface area contributed by atoms with Crippen molar-refractivity contribution in [3.8, 4) is 0 Å². The summed E-state index contributed by atoms with van der Waals surface area (Å²) in [4.78, 5) is 11.3. The van der Waals surface area contributed by atoms with Crippen molar-refractivity contribution < 1.29 is 9.53 Å². The van der Waals surface area contributed by atoms with E-state index in [1.807, 2.05) is 19.1 Å². The highest BCUT2D eigenvalue weighted by Gasteiger charge is 2.10. The molecule has 0 aromatic heterocycles. The summed E-state index contributed by atoms with van der Waals surface area (Å²) in [5.41, 5.74) is 6.52. The van der Waals surface area contributed by atoms with Gasteiger partial charge in [-0.05, 0) is 70.6 Å². The molecule has 1 aliphatic rings. The van der Waals surface area contributed by atoms with E-state index >= 15 is 0 Å². The zero-order valence-electron chi connectivity index (χ0n) is 14.5. The summed E-state index contributed by atoms with van der Waals surface area (Å²) in [6, 6.07) is 0. The Labute approximate surface area is 134 Å². The standard InChI is InChI=1S/C20H28O2/c1-6-22-20(21)14-16(3)10-7-9-15(2)13-19-12-8-11-17(4)18(19)5/h7,9-10,13-14H,6,8,11-12H2,1-5H3/b10-7+,15-9-,16-14-,19-13+. The van der Waals surface area contributed by atoms with Crippen molar-refractivity contribution in [3.05, 3.63) is 58.2 Å². The van der Waals surface area contributed by atoms with Gasteiger partial charge in [0, 0.05) is 6.08 Å². The number of carbonyl (C=O) groups excluding carboxylic acids is 1. The largest absolute Gasteiger partial charge is 0.463 e. The minimum Gasteiger partial charge on any atom is -0.463 e. The van der Waals surface area contributed by atoms with Gasteiger partial charge in [-0.2, -0.15) is 0 Å². The first-order valence-electron chi connectivity index (χ1n) is 8.01. The van der Waals surface area contributed by atoms with Crippen LogP contribution in [0.15, 0.2) is 58.2 Å². The highest BCUT2D eigenvalue weighted by molar-refractivity contribution is 5.83. The molecular formula is C20H28O2. The molecule has 0 bridgehead atoms. The molecule has 0 N–H and O–H groups in total. The summed E-state index contributed by atoms with van der Waals surface area (Å²) in [5.74, 6) is -0.286. The van der Waals surface area contributed by atoms with Crippen molar-refractivity contribution in [2.45, 2.75) is 53.9 Å². The molecule has 0 unspecified atom stereocenters. The maximum atomic E-state index is 11.3. The van der Waals surface area contributed by atoms with Gasteiger partial charge in [-0.1, -0.05) is 35.5 Å². The van der Waals surface area contributed by atoms with Gasteiger partial charge in [-0.15, -0.1) is 0 Å². The van der Waals surface area contributed by atoms with Crippen molar-refractivity contribution in [2.75, 3.05) is 6.61 Å².